The number of hydrogen-bond donors (Lipinski definition) is 0. The van der Waals surface area contributed by atoms with Gasteiger partial charge in [-0.2, -0.15) is 0 Å². The van der Waals surface area contributed by atoms with Gasteiger partial charge in [-0.05, 0) is 18.8 Å². The number of rotatable bonds is 13. The summed E-state index contributed by atoms with van der Waals surface area (Å²) in [6, 6.07) is 0. The Hall–Kier alpha value is 3.38. The summed E-state index contributed by atoms with van der Waals surface area (Å²) < 4.78 is 14.9. The molecule has 0 fully saturated rings. The van der Waals surface area contributed by atoms with E-state index in [9.17, 15) is 14.4 Å². The van der Waals surface area contributed by atoms with Crippen LogP contribution in [0.25, 0.3) is 0 Å². The Balaban J connectivity index is -0.00000162. The van der Waals surface area contributed by atoms with E-state index in [2.05, 4.69) is 18.4 Å². The van der Waals surface area contributed by atoms with Crippen LogP contribution in [-0.2, 0) is 9.09 Å². The first-order valence-electron chi connectivity index (χ1n) is 7.66. The molecule has 0 saturated heterocycles. The van der Waals surface area contributed by atoms with E-state index < -0.39 is 7.82 Å². The van der Waals surface area contributed by atoms with Crippen molar-refractivity contribution in [1.29, 1.82) is 0 Å². The van der Waals surface area contributed by atoms with Crippen molar-refractivity contribution in [1.82, 2.24) is 0 Å². The maximum atomic E-state index is 10.5. The van der Waals surface area contributed by atoms with E-state index in [0.717, 1.165) is 32.1 Å². The van der Waals surface area contributed by atoms with E-state index in [1.165, 1.54) is 32.1 Å². The molecule has 0 aliphatic rings. The maximum Gasteiger partial charge on any atom is 1.00 e. The van der Waals surface area contributed by atoms with E-state index in [1.807, 2.05) is 0 Å². The predicted molar refractivity (Wildman–Crippen MR) is 74.6 cm³/mol. The summed E-state index contributed by atoms with van der Waals surface area (Å²) in [5.74, 6) is 0.211. The van der Waals surface area contributed by atoms with E-state index in [-0.39, 0.29) is 115 Å². The number of hydrogen-bond acceptors (Lipinski definition) is 4. The van der Waals surface area contributed by atoms with Crippen molar-refractivity contribution in [3.05, 3.63) is 0 Å². The molecule has 0 aromatic rings. The smallest absolute Gasteiger partial charge is 0.790 e. The SMILES string of the molecule is CCCCCCCCC(CCCC)COP(=O)([O-])[O-].[K+].[K+]. The molecule has 0 amide bonds. The molecule has 116 valence electrons. The molecule has 0 aliphatic carbocycles. The fraction of sp³-hybridized carbons (Fsp3) is 1.00. The molecule has 0 spiro atoms. The van der Waals surface area contributed by atoms with Crippen molar-refractivity contribution in [3.8, 4) is 0 Å². The number of phosphoric acid groups is 1. The second kappa shape index (κ2) is 19.7. The van der Waals surface area contributed by atoms with Gasteiger partial charge >= 0.3 is 103 Å². The molecule has 0 aromatic heterocycles. The average molecular weight is 371 g/mol. The summed E-state index contributed by atoms with van der Waals surface area (Å²) in [6.07, 6.45) is 11.4. The van der Waals surface area contributed by atoms with Crippen LogP contribution in [0.15, 0.2) is 0 Å². The molecule has 0 radical (unpaired) electrons. The minimum atomic E-state index is -4.81. The molecule has 1 atom stereocenters. The van der Waals surface area contributed by atoms with Crippen LogP contribution in [0.4, 0.5) is 0 Å². The summed E-state index contributed by atoms with van der Waals surface area (Å²) in [5.41, 5.74) is 0. The van der Waals surface area contributed by atoms with Gasteiger partial charge in [-0.3, -0.25) is 0 Å². The largest absolute Gasteiger partial charge is 1.00 e. The molecular formula is C14H29K2O4P. The Kier molecular flexibility index (Phi) is 27.4. The van der Waals surface area contributed by atoms with Crippen LogP contribution in [0.3, 0.4) is 0 Å². The first-order valence-corrected chi connectivity index (χ1v) is 9.12. The molecule has 0 N–H and O–H groups in total. The van der Waals surface area contributed by atoms with Crippen molar-refractivity contribution in [2.45, 2.75) is 78.1 Å². The van der Waals surface area contributed by atoms with Gasteiger partial charge in [0.05, 0.1) is 14.4 Å². The van der Waals surface area contributed by atoms with Gasteiger partial charge in [0.15, 0.2) is 0 Å². The van der Waals surface area contributed by atoms with Crippen LogP contribution >= 0.6 is 7.82 Å². The zero-order valence-corrected chi connectivity index (χ0v) is 21.6. The summed E-state index contributed by atoms with van der Waals surface area (Å²) in [5, 5.41) is 0. The zero-order valence-electron chi connectivity index (χ0n) is 14.4. The molecule has 4 nitrogen and oxygen atoms in total. The number of phosphoric ester groups is 1. The summed E-state index contributed by atoms with van der Waals surface area (Å²) in [4.78, 5) is 21.0. The minimum Gasteiger partial charge on any atom is -0.790 e. The van der Waals surface area contributed by atoms with Crippen LogP contribution in [0.1, 0.15) is 78.1 Å². The third kappa shape index (κ3) is 23.4. The van der Waals surface area contributed by atoms with Crippen LogP contribution in [-0.4, -0.2) is 6.61 Å². The molecule has 1 unspecified atom stereocenters. The van der Waals surface area contributed by atoms with E-state index in [1.54, 1.807) is 0 Å². The molecule has 0 heterocycles. The molecule has 0 aliphatic heterocycles. The molecule has 0 saturated carbocycles. The molecule has 0 rings (SSSR count). The Labute approximate surface area is 216 Å². The van der Waals surface area contributed by atoms with Gasteiger partial charge in [-0.25, -0.2) is 0 Å². The first kappa shape index (κ1) is 29.2. The fourth-order valence-electron chi connectivity index (χ4n) is 2.21. The van der Waals surface area contributed by atoms with Gasteiger partial charge in [-0.1, -0.05) is 65.2 Å². The van der Waals surface area contributed by atoms with Gasteiger partial charge in [0.2, 0.25) is 0 Å². The van der Waals surface area contributed by atoms with Gasteiger partial charge < -0.3 is 18.9 Å². The van der Waals surface area contributed by atoms with Crippen LogP contribution in [0, 0.1) is 5.92 Å². The minimum absolute atomic E-state index is 0. The Bertz CT molecular complexity index is 249. The maximum absolute atomic E-state index is 10.5. The summed E-state index contributed by atoms with van der Waals surface area (Å²) >= 11 is 0. The van der Waals surface area contributed by atoms with Crippen molar-refractivity contribution in [3.63, 3.8) is 0 Å². The quantitative estimate of drug-likeness (QED) is 0.202. The molecule has 7 heteroatoms. The Morgan fingerprint density at radius 3 is 1.86 bits per heavy atom. The second-order valence-corrected chi connectivity index (χ2v) is 6.46. The van der Waals surface area contributed by atoms with Crippen LogP contribution in [0.5, 0.6) is 0 Å². The van der Waals surface area contributed by atoms with Crippen LogP contribution < -0.4 is 113 Å². The number of unbranched alkanes of at least 4 members (excludes halogenated alkanes) is 6. The van der Waals surface area contributed by atoms with E-state index in [0.29, 0.717) is 0 Å². The van der Waals surface area contributed by atoms with Gasteiger partial charge in [0, 0.05) is 0 Å². The zero-order chi connectivity index (χ0) is 14.6. The van der Waals surface area contributed by atoms with E-state index >= 15 is 0 Å². The van der Waals surface area contributed by atoms with Crippen molar-refractivity contribution in [2.24, 2.45) is 5.92 Å². The molecular weight excluding hydrogens is 341 g/mol. The van der Waals surface area contributed by atoms with Gasteiger partial charge in [0.25, 0.3) is 0 Å². The monoisotopic (exact) mass is 370 g/mol. The van der Waals surface area contributed by atoms with Crippen molar-refractivity contribution in [2.75, 3.05) is 6.61 Å². The molecule has 21 heavy (non-hydrogen) atoms. The summed E-state index contributed by atoms with van der Waals surface area (Å²) in [7, 11) is -4.81. The van der Waals surface area contributed by atoms with Crippen LogP contribution in [0.2, 0.25) is 0 Å². The first-order chi connectivity index (χ1) is 8.99. The summed E-state index contributed by atoms with van der Waals surface area (Å²) in [6.45, 7) is 4.37. The van der Waals surface area contributed by atoms with Gasteiger partial charge in [0.1, 0.15) is 0 Å². The Morgan fingerprint density at radius 1 is 0.857 bits per heavy atom. The van der Waals surface area contributed by atoms with Crippen molar-refractivity contribution < 1.29 is 122 Å². The Morgan fingerprint density at radius 2 is 1.33 bits per heavy atom. The standard InChI is InChI=1S/C14H31O4P.2K/c1-3-5-7-8-9-10-12-14(11-6-4-2)13-18-19(15,16)17;;/h14H,3-13H2,1-2H3,(H2,15,16,17);;/q;2*+1/p-2. The molecule has 0 aromatic carbocycles. The molecule has 0 bridgehead atoms. The second-order valence-electron chi connectivity index (χ2n) is 5.31. The normalized spacial score (nSPS) is 12.4. The third-order valence-corrected chi connectivity index (χ3v) is 3.87. The van der Waals surface area contributed by atoms with Crippen molar-refractivity contribution >= 4 is 7.82 Å². The third-order valence-electron chi connectivity index (χ3n) is 3.40. The topological polar surface area (TPSA) is 72.4 Å². The van der Waals surface area contributed by atoms with Gasteiger partial charge in [-0.15, -0.1) is 0 Å². The fourth-order valence-corrected chi connectivity index (χ4v) is 2.61. The average Bonchev–Trinajstić information content (AvgIpc) is 2.34. The van der Waals surface area contributed by atoms with E-state index in [4.69, 9.17) is 0 Å². The predicted octanol–water partition coefficient (Wildman–Crippen LogP) is -2.60.